The molecule has 0 saturated carbocycles. The van der Waals surface area contributed by atoms with Gasteiger partial charge in [-0.1, -0.05) is 61.5 Å². The fourth-order valence-corrected chi connectivity index (χ4v) is 6.73. The van der Waals surface area contributed by atoms with Crippen LogP contribution in [0.1, 0.15) is 24.0 Å². The van der Waals surface area contributed by atoms with Gasteiger partial charge in [0.2, 0.25) is 5.91 Å². The van der Waals surface area contributed by atoms with Crippen LogP contribution < -0.4 is 4.90 Å². The van der Waals surface area contributed by atoms with Crippen LogP contribution in [-0.2, 0) is 4.79 Å². The highest BCUT2D eigenvalue weighted by atomic mass is 32.2. The van der Waals surface area contributed by atoms with E-state index in [0.717, 1.165) is 5.69 Å². The Kier molecular flexibility index (Phi) is 3.87. The Morgan fingerprint density at radius 3 is 2.40 bits per heavy atom. The topological polar surface area (TPSA) is 25.2 Å². The summed E-state index contributed by atoms with van der Waals surface area (Å²) in [6.45, 7) is 2.21. The largest absolute Gasteiger partial charge is 0.315 e. The Morgan fingerprint density at radius 1 is 0.867 bits per heavy atom. The molecule has 148 valence electrons. The molecule has 0 saturated heterocycles. The van der Waals surface area contributed by atoms with Gasteiger partial charge in [-0.3, -0.25) is 4.79 Å². The van der Waals surface area contributed by atoms with Crippen molar-refractivity contribution < 1.29 is 4.79 Å². The number of anilines is 1. The number of benzene rings is 3. The molecule has 0 unspecified atom stereocenters. The molecule has 4 heteroatoms. The SMILES string of the molecule is C[C@@H]1Sc2c(c3ccccc3n2-c2ccccc2)[C@H]2c3ccccc3N(C)C(=O)[C@H]21. The van der Waals surface area contributed by atoms with Gasteiger partial charge in [-0.25, -0.2) is 0 Å². The lowest BCUT2D eigenvalue weighted by molar-refractivity contribution is -0.122. The number of nitrogens with zero attached hydrogens (tertiary/aromatic N) is 2. The number of para-hydroxylation sites is 3. The van der Waals surface area contributed by atoms with Gasteiger partial charge < -0.3 is 9.47 Å². The molecule has 1 aromatic heterocycles. The third-order valence-electron chi connectivity index (χ3n) is 6.61. The van der Waals surface area contributed by atoms with Crippen LogP contribution in [0.25, 0.3) is 16.6 Å². The van der Waals surface area contributed by atoms with E-state index in [1.165, 1.54) is 32.7 Å². The summed E-state index contributed by atoms with van der Waals surface area (Å²) in [5.41, 5.74) is 5.97. The van der Waals surface area contributed by atoms with Crippen LogP contribution in [0.5, 0.6) is 0 Å². The fourth-order valence-electron chi connectivity index (χ4n) is 5.28. The van der Waals surface area contributed by atoms with Gasteiger partial charge >= 0.3 is 0 Å². The summed E-state index contributed by atoms with van der Waals surface area (Å²) < 4.78 is 2.38. The second-order valence-electron chi connectivity index (χ2n) is 8.19. The Labute approximate surface area is 180 Å². The average molecular weight is 411 g/mol. The molecular weight excluding hydrogens is 388 g/mol. The van der Waals surface area contributed by atoms with E-state index in [0.29, 0.717) is 0 Å². The number of rotatable bonds is 1. The van der Waals surface area contributed by atoms with E-state index >= 15 is 0 Å². The van der Waals surface area contributed by atoms with Crippen LogP contribution >= 0.6 is 11.8 Å². The minimum atomic E-state index is -0.0579. The predicted molar refractivity (Wildman–Crippen MR) is 124 cm³/mol. The highest BCUT2D eigenvalue weighted by molar-refractivity contribution is 8.00. The van der Waals surface area contributed by atoms with Crippen molar-refractivity contribution in [3.8, 4) is 5.69 Å². The first kappa shape index (κ1) is 17.8. The van der Waals surface area contributed by atoms with Crippen molar-refractivity contribution in [1.82, 2.24) is 4.57 Å². The zero-order valence-electron chi connectivity index (χ0n) is 16.9. The molecule has 3 atom stereocenters. The summed E-state index contributed by atoms with van der Waals surface area (Å²) in [4.78, 5) is 15.3. The third-order valence-corrected chi connectivity index (χ3v) is 7.90. The molecule has 4 aromatic rings. The van der Waals surface area contributed by atoms with E-state index in [2.05, 4.69) is 84.3 Å². The van der Waals surface area contributed by atoms with Crippen molar-refractivity contribution in [2.24, 2.45) is 5.92 Å². The first-order valence-electron chi connectivity index (χ1n) is 10.4. The molecule has 0 spiro atoms. The molecule has 6 rings (SSSR count). The Balaban J connectivity index is 1.72. The average Bonchev–Trinajstić information content (AvgIpc) is 3.11. The number of thioether (sulfide) groups is 1. The van der Waals surface area contributed by atoms with Crippen molar-refractivity contribution in [1.29, 1.82) is 0 Å². The standard InChI is InChI=1S/C26H22N2OS/c1-16-22-23(18-12-6-8-14-20(18)27(2)25(22)29)24-19-13-7-9-15-21(19)28(26(24)30-16)17-10-4-3-5-11-17/h3-16,22-23H,1-2H3/t16-,22-,23-/m0/s1. The summed E-state index contributed by atoms with van der Waals surface area (Å²) >= 11 is 1.84. The molecule has 3 heterocycles. The van der Waals surface area contributed by atoms with Gasteiger partial charge in [0.25, 0.3) is 0 Å². The van der Waals surface area contributed by atoms with Crippen LogP contribution in [0.4, 0.5) is 5.69 Å². The van der Waals surface area contributed by atoms with Crippen molar-refractivity contribution in [2.45, 2.75) is 23.1 Å². The summed E-state index contributed by atoms with van der Waals surface area (Å²) in [5, 5.41) is 2.71. The van der Waals surface area contributed by atoms with Crippen LogP contribution in [0.3, 0.4) is 0 Å². The van der Waals surface area contributed by atoms with Gasteiger partial charge in [0.05, 0.1) is 16.5 Å². The molecule has 0 bridgehead atoms. The maximum absolute atomic E-state index is 13.5. The number of hydrogen-bond acceptors (Lipinski definition) is 2. The van der Waals surface area contributed by atoms with Crippen LogP contribution in [0.2, 0.25) is 0 Å². The molecule has 3 aromatic carbocycles. The van der Waals surface area contributed by atoms with Gasteiger partial charge in [-0.2, -0.15) is 0 Å². The quantitative estimate of drug-likeness (QED) is 0.393. The van der Waals surface area contributed by atoms with E-state index < -0.39 is 0 Å². The van der Waals surface area contributed by atoms with Crippen LogP contribution in [0.15, 0.2) is 83.9 Å². The molecule has 0 fully saturated rings. The van der Waals surface area contributed by atoms with Crippen molar-refractivity contribution >= 4 is 34.3 Å². The molecule has 2 aliphatic heterocycles. The Hall–Kier alpha value is -2.98. The van der Waals surface area contributed by atoms with Gasteiger partial charge in [0, 0.05) is 40.5 Å². The molecule has 0 aliphatic carbocycles. The van der Waals surface area contributed by atoms with Gasteiger partial charge in [-0.15, -0.1) is 11.8 Å². The van der Waals surface area contributed by atoms with Crippen LogP contribution in [0, 0.1) is 5.92 Å². The summed E-state index contributed by atoms with van der Waals surface area (Å²) in [7, 11) is 1.91. The number of aromatic nitrogens is 1. The van der Waals surface area contributed by atoms with Gasteiger partial charge in [0.1, 0.15) is 0 Å². The Morgan fingerprint density at radius 2 is 1.57 bits per heavy atom. The van der Waals surface area contributed by atoms with Crippen molar-refractivity contribution in [2.75, 3.05) is 11.9 Å². The third kappa shape index (κ3) is 2.31. The summed E-state index contributed by atoms with van der Waals surface area (Å²) in [5.74, 6) is 0.240. The van der Waals surface area contributed by atoms with Crippen LogP contribution in [-0.4, -0.2) is 22.8 Å². The maximum atomic E-state index is 13.5. The molecule has 1 amide bonds. The number of carbonyl (C=O) groups excluding carboxylic acids is 1. The minimum Gasteiger partial charge on any atom is -0.315 e. The number of carbonyl (C=O) groups is 1. The minimum absolute atomic E-state index is 0.0579. The summed E-state index contributed by atoms with van der Waals surface area (Å²) in [6.07, 6.45) is 0. The highest BCUT2D eigenvalue weighted by Gasteiger charge is 2.48. The van der Waals surface area contributed by atoms with E-state index in [9.17, 15) is 4.79 Å². The van der Waals surface area contributed by atoms with E-state index in [1.54, 1.807) is 0 Å². The highest BCUT2D eigenvalue weighted by Crippen LogP contribution is 2.56. The summed E-state index contributed by atoms with van der Waals surface area (Å²) in [6, 6.07) is 27.6. The lowest BCUT2D eigenvalue weighted by atomic mass is 9.74. The zero-order chi connectivity index (χ0) is 20.4. The second-order valence-corrected chi connectivity index (χ2v) is 9.56. The van der Waals surface area contributed by atoms with Gasteiger partial charge in [-0.05, 0) is 29.8 Å². The lowest BCUT2D eigenvalue weighted by Crippen LogP contribution is -2.46. The lowest BCUT2D eigenvalue weighted by Gasteiger charge is -2.43. The molecule has 3 nitrogen and oxygen atoms in total. The van der Waals surface area contributed by atoms with E-state index in [4.69, 9.17) is 0 Å². The molecule has 0 N–H and O–H groups in total. The molecule has 30 heavy (non-hydrogen) atoms. The van der Waals surface area contributed by atoms with E-state index in [1.807, 2.05) is 29.8 Å². The van der Waals surface area contributed by atoms with E-state index in [-0.39, 0.29) is 23.0 Å². The Bertz CT molecular complexity index is 1290. The first-order chi connectivity index (χ1) is 14.7. The first-order valence-corrected chi connectivity index (χ1v) is 11.3. The number of hydrogen-bond donors (Lipinski definition) is 0. The molecule has 2 aliphatic rings. The van der Waals surface area contributed by atoms with Gasteiger partial charge in [0.15, 0.2) is 0 Å². The normalized spacial score (nSPS) is 22.5. The smallest absolute Gasteiger partial charge is 0.231 e. The fraction of sp³-hybridized carbons (Fsp3) is 0.192. The number of fused-ring (bicyclic) bond motifs is 7. The van der Waals surface area contributed by atoms with Crippen molar-refractivity contribution in [3.05, 3.63) is 90.0 Å². The zero-order valence-corrected chi connectivity index (χ0v) is 17.8. The molecule has 0 radical (unpaired) electrons. The molecular formula is C26H22N2OS. The number of amides is 1. The van der Waals surface area contributed by atoms with Crippen molar-refractivity contribution in [3.63, 3.8) is 0 Å². The second kappa shape index (κ2) is 6.51. The predicted octanol–water partition coefficient (Wildman–Crippen LogP) is 5.85. The maximum Gasteiger partial charge on any atom is 0.231 e. The monoisotopic (exact) mass is 410 g/mol.